The molecule has 5 fully saturated rings. The molecule has 8 nitrogen and oxygen atoms in total. The van der Waals surface area contributed by atoms with Crippen molar-refractivity contribution in [2.45, 2.75) is 89.6 Å². The van der Waals surface area contributed by atoms with E-state index in [1.54, 1.807) is 6.92 Å². The zero-order chi connectivity index (χ0) is 23.7. The molecule has 0 aliphatic heterocycles. The molecule has 0 amide bonds. The molecule has 4 N–H and O–H groups in total. The summed E-state index contributed by atoms with van der Waals surface area (Å²) in [7, 11) is 0. The fourth-order valence-corrected chi connectivity index (χ4v) is 7.35. The average Bonchev–Trinajstić information content (AvgIpc) is 2.79. The van der Waals surface area contributed by atoms with Gasteiger partial charge in [-0.05, 0) is 69.6 Å². The SMILES string of the molecule is CCC(N)(N)C(=O)OCC(=O)OCC12CC3CC(C1)CC(COC(=O)C1CCCCC1)(C3)C2. The summed E-state index contributed by atoms with van der Waals surface area (Å²) >= 11 is 0. The van der Waals surface area contributed by atoms with Crippen LogP contribution < -0.4 is 11.5 Å². The van der Waals surface area contributed by atoms with Crippen LogP contribution >= 0.6 is 0 Å². The minimum absolute atomic E-state index is 0.00705. The van der Waals surface area contributed by atoms with E-state index in [1.807, 2.05) is 0 Å². The highest BCUT2D eigenvalue weighted by molar-refractivity contribution is 5.82. The first-order chi connectivity index (χ1) is 15.6. The quantitative estimate of drug-likeness (QED) is 0.302. The van der Waals surface area contributed by atoms with Gasteiger partial charge in [-0.15, -0.1) is 0 Å². The van der Waals surface area contributed by atoms with E-state index < -0.39 is 24.2 Å². The van der Waals surface area contributed by atoms with Gasteiger partial charge < -0.3 is 25.7 Å². The van der Waals surface area contributed by atoms with Crippen molar-refractivity contribution in [2.24, 2.45) is 40.1 Å². The molecule has 5 aliphatic rings. The van der Waals surface area contributed by atoms with Gasteiger partial charge in [-0.3, -0.25) is 4.79 Å². The monoisotopic (exact) mass is 464 g/mol. The molecular weight excluding hydrogens is 424 g/mol. The third-order valence-electron chi connectivity index (χ3n) is 8.59. The fourth-order valence-electron chi connectivity index (χ4n) is 7.35. The lowest BCUT2D eigenvalue weighted by Gasteiger charge is -2.61. The first kappa shape index (κ1) is 24.5. The molecule has 186 valence electrons. The number of hydrogen-bond donors (Lipinski definition) is 2. The minimum Gasteiger partial charge on any atom is -0.465 e. The number of ether oxygens (including phenoxy) is 3. The maximum Gasteiger partial charge on any atom is 0.344 e. The molecule has 0 aromatic carbocycles. The second-order valence-electron chi connectivity index (χ2n) is 11.5. The largest absolute Gasteiger partial charge is 0.465 e. The van der Waals surface area contributed by atoms with Crippen LogP contribution in [0, 0.1) is 28.6 Å². The molecule has 4 bridgehead atoms. The summed E-state index contributed by atoms with van der Waals surface area (Å²) in [6.45, 7) is 2.00. The van der Waals surface area contributed by atoms with E-state index in [9.17, 15) is 14.4 Å². The van der Waals surface area contributed by atoms with E-state index >= 15 is 0 Å². The van der Waals surface area contributed by atoms with Crippen molar-refractivity contribution < 1.29 is 28.6 Å². The molecule has 0 aromatic heterocycles. The van der Waals surface area contributed by atoms with Crippen molar-refractivity contribution >= 4 is 17.9 Å². The maximum absolute atomic E-state index is 12.7. The Morgan fingerprint density at radius 3 is 2.03 bits per heavy atom. The molecule has 5 saturated carbocycles. The molecule has 0 heterocycles. The topological polar surface area (TPSA) is 131 Å². The lowest BCUT2D eigenvalue weighted by atomic mass is 9.44. The average molecular weight is 465 g/mol. The summed E-state index contributed by atoms with van der Waals surface area (Å²) in [5.41, 5.74) is 9.64. The van der Waals surface area contributed by atoms with Crippen LogP contribution in [0.15, 0.2) is 0 Å². The lowest BCUT2D eigenvalue weighted by Crippen LogP contribution is -2.57. The van der Waals surface area contributed by atoms with E-state index in [1.165, 1.54) is 12.8 Å². The first-order valence-corrected chi connectivity index (χ1v) is 12.7. The highest BCUT2D eigenvalue weighted by atomic mass is 16.6. The molecule has 2 unspecified atom stereocenters. The highest BCUT2D eigenvalue weighted by Crippen LogP contribution is 2.65. The van der Waals surface area contributed by atoms with Crippen LogP contribution in [0.1, 0.15) is 84.0 Å². The third kappa shape index (κ3) is 5.53. The van der Waals surface area contributed by atoms with Gasteiger partial charge in [-0.25, -0.2) is 9.59 Å². The summed E-state index contributed by atoms with van der Waals surface area (Å²) in [5, 5.41) is 0. The van der Waals surface area contributed by atoms with Gasteiger partial charge in [0.15, 0.2) is 12.3 Å². The number of carbonyl (C=O) groups excluding carboxylic acids is 3. The summed E-state index contributed by atoms with van der Waals surface area (Å²) in [4.78, 5) is 36.8. The van der Waals surface area contributed by atoms with Crippen LogP contribution in [-0.4, -0.2) is 43.4 Å². The van der Waals surface area contributed by atoms with Crippen molar-refractivity contribution in [3.8, 4) is 0 Å². The van der Waals surface area contributed by atoms with Gasteiger partial charge >= 0.3 is 17.9 Å². The number of hydrogen-bond acceptors (Lipinski definition) is 8. The number of esters is 3. The molecule has 8 heteroatoms. The number of carbonyl (C=O) groups is 3. The molecular formula is C25H40N2O6. The summed E-state index contributed by atoms with van der Waals surface area (Å²) in [6, 6.07) is 0. The Bertz CT molecular complexity index is 746. The maximum atomic E-state index is 12.7. The van der Waals surface area contributed by atoms with Crippen molar-refractivity contribution in [2.75, 3.05) is 19.8 Å². The van der Waals surface area contributed by atoms with Gasteiger partial charge in [-0.2, -0.15) is 0 Å². The Labute approximate surface area is 196 Å². The Morgan fingerprint density at radius 1 is 0.879 bits per heavy atom. The summed E-state index contributed by atoms with van der Waals surface area (Å²) in [5.74, 6) is -0.152. The van der Waals surface area contributed by atoms with Gasteiger partial charge in [0.1, 0.15) is 0 Å². The standard InChI is InChI=1S/C25H40N2O6/c1-2-25(26,27)22(30)31-13-20(28)32-15-23-9-17-8-18(10-23)12-24(11-17,14-23)16-33-21(29)19-6-4-3-5-7-19/h17-19H,2-16,26-27H2,1H3. The van der Waals surface area contributed by atoms with E-state index in [-0.39, 0.29) is 29.1 Å². The van der Waals surface area contributed by atoms with Crippen LogP contribution in [0.25, 0.3) is 0 Å². The van der Waals surface area contributed by atoms with Crippen LogP contribution in [0.4, 0.5) is 0 Å². The molecule has 5 rings (SSSR count). The minimum atomic E-state index is -1.60. The van der Waals surface area contributed by atoms with Gasteiger partial charge in [0.2, 0.25) is 0 Å². The number of nitrogens with two attached hydrogens (primary N) is 2. The van der Waals surface area contributed by atoms with Crippen molar-refractivity contribution in [1.29, 1.82) is 0 Å². The van der Waals surface area contributed by atoms with Crippen LogP contribution in [0.3, 0.4) is 0 Å². The molecule has 0 saturated heterocycles. The van der Waals surface area contributed by atoms with Gasteiger partial charge in [0.05, 0.1) is 19.1 Å². The summed E-state index contributed by atoms with van der Waals surface area (Å²) < 4.78 is 16.5. The van der Waals surface area contributed by atoms with Gasteiger partial charge in [0.25, 0.3) is 0 Å². The van der Waals surface area contributed by atoms with Crippen LogP contribution in [0.2, 0.25) is 0 Å². The van der Waals surface area contributed by atoms with Crippen LogP contribution in [-0.2, 0) is 28.6 Å². The molecule has 0 radical (unpaired) electrons. The predicted octanol–water partition coefficient (Wildman–Crippen LogP) is 2.81. The zero-order valence-electron chi connectivity index (χ0n) is 19.9. The van der Waals surface area contributed by atoms with Gasteiger partial charge in [0, 0.05) is 10.8 Å². The van der Waals surface area contributed by atoms with E-state index in [0.29, 0.717) is 25.0 Å². The molecule has 5 aliphatic carbocycles. The van der Waals surface area contributed by atoms with E-state index in [0.717, 1.165) is 57.8 Å². The van der Waals surface area contributed by atoms with Crippen molar-refractivity contribution in [1.82, 2.24) is 0 Å². The smallest absolute Gasteiger partial charge is 0.344 e. The van der Waals surface area contributed by atoms with E-state index in [4.69, 9.17) is 25.7 Å². The first-order valence-electron chi connectivity index (χ1n) is 12.7. The van der Waals surface area contributed by atoms with Crippen molar-refractivity contribution in [3.63, 3.8) is 0 Å². The van der Waals surface area contributed by atoms with Crippen LogP contribution in [0.5, 0.6) is 0 Å². The Kier molecular flexibility index (Phi) is 7.06. The highest BCUT2D eigenvalue weighted by Gasteiger charge is 2.58. The molecule has 0 aromatic rings. The van der Waals surface area contributed by atoms with Gasteiger partial charge in [-0.1, -0.05) is 26.2 Å². The zero-order valence-corrected chi connectivity index (χ0v) is 19.9. The fraction of sp³-hybridized carbons (Fsp3) is 0.880. The normalized spacial score (nSPS) is 33.5. The second kappa shape index (κ2) is 9.53. The number of rotatable bonds is 9. The second-order valence-corrected chi connectivity index (χ2v) is 11.5. The molecule has 33 heavy (non-hydrogen) atoms. The Balaban J connectivity index is 1.30. The predicted molar refractivity (Wildman–Crippen MR) is 120 cm³/mol. The molecule has 0 spiro atoms. The Morgan fingerprint density at radius 2 is 1.45 bits per heavy atom. The van der Waals surface area contributed by atoms with Crippen molar-refractivity contribution in [3.05, 3.63) is 0 Å². The lowest BCUT2D eigenvalue weighted by molar-refractivity contribution is -0.183. The third-order valence-corrected chi connectivity index (χ3v) is 8.59. The van der Waals surface area contributed by atoms with E-state index in [2.05, 4.69) is 0 Å². The Hall–Kier alpha value is -1.67. The molecule has 2 atom stereocenters. The summed E-state index contributed by atoms with van der Waals surface area (Å²) in [6.07, 6.45) is 12.0.